The first kappa shape index (κ1) is 18.4. The minimum Gasteiger partial charge on any atom is -0.337 e. The molecule has 2 saturated heterocycles. The molecule has 1 aromatic rings. The number of rotatable bonds is 4. The number of aryl methyl sites for hydroxylation is 1. The van der Waals surface area contributed by atoms with Gasteiger partial charge in [0.15, 0.2) is 0 Å². The lowest BCUT2D eigenvalue weighted by molar-refractivity contribution is 0.0609. The highest BCUT2D eigenvalue weighted by Crippen LogP contribution is 2.32. The van der Waals surface area contributed by atoms with Crippen LogP contribution in [0.1, 0.15) is 49.5 Å². The van der Waals surface area contributed by atoms with Gasteiger partial charge in [-0.3, -0.25) is 9.48 Å². The average molecular weight is 369 g/mol. The van der Waals surface area contributed by atoms with Gasteiger partial charge in [0.1, 0.15) is 5.69 Å². The summed E-state index contributed by atoms with van der Waals surface area (Å²) in [6, 6.07) is 1.87. The fourth-order valence-electron chi connectivity index (χ4n) is 4.23. The Hall–Kier alpha value is -1.41. The molecule has 0 saturated carbocycles. The third-order valence-electron chi connectivity index (χ3n) is 5.53. The van der Waals surface area contributed by atoms with Crippen molar-refractivity contribution >= 4 is 15.9 Å². The van der Waals surface area contributed by atoms with Crippen LogP contribution in [0, 0.1) is 5.92 Å². The fourth-order valence-corrected chi connectivity index (χ4v) is 5.46. The highest BCUT2D eigenvalue weighted by atomic mass is 32.2. The summed E-state index contributed by atoms with van der Waals surface area (Å²) in [4.78, 5) is 14.6. The number of sulfonamides is 1. The van der Waals surface area contributed by atoms with Crippen LogP contribution in [0.25, 0.3) is 0 Å². The molecule has 8 heteroatoms. The van der Waals surface area contributed by atoms with Gasteiger partial charge >= 0.3 is 0 Å². The highest BCUT2D eigenvalue weighted by molar-refractivity contribution is 7.88. The normalized spacial score (nSPS) is 23.8. The smallest absolute Gasteiger partial charge is 0.272 e. The van der Waals surface area contributed by atoms with Crippen molar-refractivity contribution in [3.8, 4) is 0 Å². The number of piperidine rings is 2. The van der Waals surface area contributed by atoms with Crippen LogP contribution in [0.5, 0.6) is 0 Å². The summed E-state index contributed by atoms with van der Waals surface area (Å²) in [6.07, 6.45) is 7.68. The lowest BCUT2D eigenvalue weighted by Crippen LogP contribution is -2.50. The number of hydrogen-bond donors (Lipinski definition) is 0. The topological polar surface area (TPSA) is 75.5 Å². The minimum absolute atomic E-state index is 0.0291. The van der Waals surface area contributed by atoms with Crippen molar-refractivity contribution in [2.75, 3.05) is 25.9 Å². The van der Waals surface area contributed by atoms with E-state index in [1.807, 2.05) is 11.8 Å². The second-order valence-electron chi connectivity index (χ2n) is 7.10. The van der Waals surface area contributed by atoms with Crippen molar-refractivity contribution in [2.24, 2.45) is 5.92 Å². The first-order valence-corrected chi connectivity index (χ1v) is 11.0. The highest BCUT2D eigenvalue weighted by Gasteiger charge is 2.37. The molecule has 0 radical (unpaired) electrons. The van der Waals surface area contributed by atoms with E-state index < -0.39 is 10.0 Å². The Bertz CT molecular complexity index is 707. The molecule has 0 spiro atoms. The molecule has 1 atom stereocenters. The number of nitrogens with zero attached hydrogens (tertiary/aromatic N) is 4. The van der Waals surface area contributed by atoms with Crippen LogP contribution in [-0.4, -0.2) is 65.2 Å². The second-order valence-corrected chi connectivity index (χ2v) is 9.03. The minimum atomic E-state index is -3.16. The second kappa shape index (κ2) is 7.45. The van der Waals surface area contributed by atoms with Gasteiger partial charge in [0, 0.05) is 38.4 Å². The van der Waals surface area contributed by atoms with Gasteiger partial charge in [0.25, 0.3) is 5.91 Å². The molecule has 2 fully saturated rings. The molecule has 0 unspecified atom stereocenters. The molecule has 0 bridgehead atoms. The molecule has 1 amide bonds. The van der Waals surface area contributed by atoms with E-state index in [0.717, 1.165) is 32.1 Å². The maximum Gasteiger partial charge on any atom is 0.272 e. The van der Waals surface area contributed by atoms with Gasteiger partial charge in [0.05, 0.1) is 6.26 Å². The fraction of sp³-hybridized carbons (Fsp3) is 0.765. The molecule has 1 aromatic heterocycles. The Kier molecular flexibility index (Phi) is 5.48. The summed E-state index contributed by atoms with van der Waals surface area (Å²) in [5, 5.41) is 4.17. The van der Waals surface area contributed by atoms with Gasteiger partial charge in [-0.1, -0.05) is 6.42 Å². The van der Waals surface area contributed by atoms with Crippen molar-refractivity contribution in [3.63, 3.8) is 0 Å². The van der Waals surface area contributed by atoms with E-state index in [-0.39, 0.29) is 11.9 Å². The lowest BCUT2D eigenvalue weighted by Gasteiger charge is -2.42. The molecule has 0 aromatic carbocycles. The number of amides is 1. The maximum atomic E-state index is 12.7. The Morgan fingerprint density at radius 3 is 2.56 bits per heavy atom. The zero-order chi connectivity index (χ0) is 18.0. The molecular weight excluding hydrogens is 340 g/mol. The van der Waals surface area contributed by atoms with Crippen LogP contribution in [0.15, 0.2) is 12.3 Å². The van der Waals surface area contributed by atoms with Crippen molar-refractivity contribution in [1.29, 1.82) is 0 Å². The first-order valence-electron chi connectivity index (χ1n) is 9.19. The number of carbonyl (C=O) groups is 1. The van der Waals surface area contributed by atoms with E-state index in [1.54, 1.807) is 21.3 Å². The van der Waals surface area contributed by atoms with E-state index in [2.05, 4.69) is 5.10 Å². The molecule has 3 heterocycles. The Morgan fingerprint density at radius 2 is 1.92 bits per heavy atom. The van der Waals surface area contributed by atoms with Crippen LogP contribution in [0.2, 0.25) is 0 Å². The summed E-state index contributed by atoms with van der Waals surface area (Å²) in [5.74, 6) is 0.372. The van der Waals surface area contributed by atoms with E-state index in [0.29, 0.717) is 37.8 Å². The van der Waals surface area contributed by atoms with Crippen molar-refractivity contribution in [2.45, 2.75) is 51.6 Å². The lowest BCUT2D eigenvalue weighted by atomic mass is 9.85. The molecule has 2 aliphatic heterocycles. The number of hydrogen-bond acceptors (Lipinski definition) is 4. The molecular formula is C17H28N4O3S. The van der Waals surface area contributed by atoms with Crippen molar-refractivity contribution in [1.82, 2.24) is 19.0 Å². The van der Waals surface area contributed by atoms with Gasteiger partial charge in [-0.25, -0.2) is 8.42 Å². The van der Waals surface area contributed by atoms with Gasteiger partial charge in [0.2, 0.25) is 10.0 Å². The SMILES string of the molecule is CCn1nccc1C(=O)N1CCC([C@@H]2CCCCN2S(C)(=O)=O)CC1. The zero-order valence-corrected chi connectivity index (χ0v) is 15.9. The van der Waals surface area contributed by atoms with Gasteiger partial charge in [-0.2, -0.15) is 9.40 Å². The quantitative estimate of drug-likeness (QED) is 0.808. The average Bonchev–Trinajstić information content (AvgIpc) is 3.09. The van der Waals surface area contributed by atoms with E-state index >= 15 is 0 Å². The molecule has 2 aliphatic rings. The number of carbonyl (C=O) groups excluding carboxylic acids is 1. The molecule has 7 nitrogen and oxygen atoms in total. The maximum absolute atomic E-state index is 12.7. The van der Waals surface area contributed by atoms with Crippen molar-refractivity contribution in [3.05, 3.63) is 18.0 Å². The van der Waals surface area contributed by atoms with Crippen LogP contribution in [-0.2, 0) is 16.6 Å². The number of likely N-dealkylation sites (tertiary alicyclic amines) is 1. The largest absolute Gasteiger partial charge is 0.337 e. The van der Waals surface area contributed by atoms with Crippen LogP contribution >= 0.6 is 0 Å². The third kappa shape index (κ3) is 3.89. The van der Waals surface area contributed by atoms with E-state index in [9.17, 15) is 13.2 Å². The standard InChI is InChI=1S/C17H28N4O3S/c1-3-20-16(7-10-18-20)17(22)19-12-8-14(9-13-19)15-6-4-5-11-21(15)25(2,23)24/h7,10,14-15H,3-6,8-9,11-13H2,1-2H3/t15-/m0/s1. The summed E-state index contributed by atoms with van der Waals surface area (Å²) < 4.78 is 27.6. The molecule has 140 valence electrons. The molecule has 0 N–H and O–H groups in total. The van der Waals surface area contributed by atoms with Crippen LogP contribution in [0.4, 0.5) is 0 Å². The third-order valence-corrected chi connectivity index (χ3v) is 6.84. The molecule has 25 heavy (non-hydrogen) atoms. The van der Waals surface area contributed by atoms with E-state index in [1.165, 1.54) is 6.26 Å². The van der Waals surface area contributed by atoms with Gasteiger partial charge in [-0.05, 0) is 44.6 Å². The summed E-state index contributed by atoms with van der Waals surface area (Å²) in [7, 11) is -3.16. The van der Waals surface area contributed by atoms with Crippen LogP contribution < -0.4 is 0 Å². The summed E-state index contributed by atoms with van der Waals surface area (Å²) in [6.45, 7) is 4.66. The first-order chi connectivity index (χ1) is 11.9. The zero-order valence-electron chi connectivity index (χ0n) is 15.1. The Balaban J connectivity index is 1.64. The van der Waals surface area contributed by atoms with Gasteiger partial charge < -0.3 is 4.90 Å². The number of aromatic nitrogens is 2. The monoisotopic (exact) mass is 368 g/mol. The summed E-state index contributed by atoms with van der Waals surface area (Å²) in [5.41, 5.74) is 0.636. The van der Waals surface area contributed by atoms with Crippen LogP contribution in [0.3, 0.4) is 0 Å². The molecule has 0 aliphatic carbocycles. The molecule has 3 rings (SSSR count). The Morgan fingerprint density at radius 1 is 1.20 bits per heavy atom. The predicted molar refractivity (Wildman–Crippen MR) is 95.7 cm³/mol. The Labute approximate surface area is 150 Å². The van der Waals surface area contributed by atoms with Crippen molar-refractivity contribution < 1.29 is 13.2 Å². The summed E-state index contributed by atoms with van der Waals surface area (Å²) >= 11 is 0. The van der Waals surface area contributed by atoms with Gasteiger partial charge in [-0.15, -0.1) is 0 Å². The van der Waals surface area contributed by atoms with E-state index in [4.69, 9.17) is 0 Å². The predicted octanol–water partition coefficient (Wildman–Crippen LogP) is 1.57.